The summed E-state index contributed by atoms with van der Waals surface area (Å²) in [6.45, 7) is 1.87. The molecule has 0 saturated heterocycles. The lowest BCUT2D eigenvalue weighted by Crippen LogP contribution is -2.29. The minimum atomic E-state index is -3.16. The van der Waals surface area contributed by atoms with E-state index >= 15 is 0 Å². The molecule has 0 bridgehead atoms. The quantitative estimate of drug-likeness (QED) is 0.894. The zero-order valence-electron chi connectivity index (χ0n) is 9.06. The van der Waals surface area contributed by atoms with Gasteiger partial charge in [0.1, 0.15) is 0 Å². The molecular weight excluding hydrogens is 292 g/mol. The predicted octanol–water partition coefficient (Wildman–Crippen LogP) is 1.50. The van der Waals surface area contributed by atoms with Gasteiger partial charge in [-0.25, -0.2) is 8.42 Å². The van der Waals surface area contributed by atoms with E-state index in [0.717, 1.165) is 4.47 Å². The fourth-order valence-electron chi connectivity index (χ4n) is 1.22. The van der Waals surface area contributed by atoms with Gasteiger partial charge >= 0.3 is 0 Å². The number of nitrogens with two attached hydrogens (primary N) is 1. The number of hydrogen-bond acceptors (Lipinski definition) is 4. The summed E-state index contributed by atoms with van der Waals surface area (Å²) in [5.41, 5.74) is 6.18. The van der Waals surface area contributed by atoms with E-state index in [2.05, 4.69) is 20.9 Å². The van der Waals surface area contributed by atoms with Crippen LogP contribution in [-0.4, -0.2) is 25.2 Å². The zero-order valence-corrected chi connectivity index (χ0v) is 11.5. The first-order valence-corrected chi connectivity index (χ1v) is 7.61. The Morgan fingerprint density at radius 3 is 2.69 bits per heavy atom. The summed E-state index contributed by atoms with van der Waals surface area (Å²) in [7, 11) is -3.16. The van der Waals surface area contributed by atoms with Gasteiger partial charge in [0.15, 0.2) is 9.84 Å². The Hall–Kier alpha value is -0.460. The first-order chi connectivity index (χ1) is 7.43. The van der Waals surface area contributed by atoms with E-state index in [9.17, 15) is 8.42 Å². The van der Waals surface area contributed by atoms with Gasteiger partial charge in [-0.15, -0.1) is 0 Å². The van der Waals surface area contributed by atoms with Crippen LogP contribution in [0.5, 0.6) is 0 Å². The minimum Gasteiger partial charge on any atom is -0.327 e. The Morgan fingerprint density at radius 1 is 1.50 bits per heavy atom. The fraction of sp³-hybridized carbons (Fsp3) is 0.500. The van der Waals surface area contributed by atoms with Crippen molar-refractivity contribution in [3.8, 4) is 0 Å². The molecule has 1 heterocycles. The molecule has 0 fully saturated rings. The lowest BCUT2D eigenvalue weighted by Gasteiger charge is -2.09. The second-order valence-corrected chi connectivity index (χ2v) is 6.72. The van der Waals surface area contributed by atoms with Crippen LogP contribution in [-0.2, 0) is 15.6 Å². The topological polar surface area (TPSA) is 73.1 Å². The molecular formula is C10H15BrN2O2S. The first-order valence-electron chi connectivity index (χ1n) is 4.99. The van der Waals surface area contributed by atoms with Crippen LogP contribution < -0.4 is 5.73 Å². The predicted molar refractivity (Wildman–Crippen MR) is 67.7 cm³/mol. The van der Waals surface area contributed by atoms with Crippen molar-refractivity contribution in [3.05, 3.63) is 28.5 Å². The van der Waals surface area contributed by atoms with Gasteiger partial charge < -0.3 is 5.73 Å². The largest absolute Gasteiger partial charge is 0.327 e. The van der Waals surface area contributed by atoms with Gasteiger partial charge in [-0.1, -0.05) is 6.92 Å². The van der Waals surface area contributed by atoms with Gasteiger partial charge in [0.2, 0.25) is 0 Å². The van der Waals surface area contributed by atoms with Crippen LogP contribution in [0.25, 0.3) is 0 Å². The van der Waals surface area contributed by atoms with Crippen molar-refractivity contribution >= 4 is 25.8 Å². The Kier molecular flexibility index (Phi) is 4.89. The van der Waals surface area contributed by atoms with Gasteiger partial charge in [0.05, 0.1) is 17.2 Å². The summed E-state index contributed by atoms with van der Waals surface area (Å²) >= 11 is 3.24. The van der Waals surface area contributed by atoms with E-state index in [0.29, 0.717) is 12.1 Å². The van der Waals surface area contributed by atoms with Crippen LogP contribution in [0.4, 0.5) is 0 Å². The van der Waals surface area contributed by atoms with E-state index in [1.807, 2.05) is 6.92 Å². The summed E-state index contributed by atoms with van der Waals surface area (Å²) < 4.78 is 24.3. The summed E-state index contributed by atoms with van der Waals surface area (Å²) in [6, 6.07) is 3.18. The SMILES string of the molecule is CCC(N)CS(=O)(=O)Cc1ccc(Br)cn1. The van der Waals surface area contributed by atoms with Crippen LogP contribution in [0.1, 0.15) is 19.0 Å². The van der Waals surface area contributed by atoms with Crippen molar-refractivity contribution in [2.24, 2.45) is 5.73 Å². The number of nitrogens with zero attached hydrogens (tertiary/aromatic N) is 1. The molecule has 1 atom stereocenters. The molecule has 1 aromatic heterocycles. The van der Waals surface area contributed by atoms with Crippen molar-refractivity contribution in [2.45, 2.75) is 25.1 Å². The van der Waals surface area contributed by atoms with E-state index in [-0.39, 0.29) is 17.5 Å². The lowest BCUT2D eigenvalue weighted by atomic mass is 10.3. The second-order valence-electron chi connectivity index (χ2n) is 3.69. The maximum atomic E-state index is 11.7. The van der Waals surface area contributed by atoms with Crippen LogP contribution in [0.3, 0.4) is 0 Å². The molecule has 0 radical (unpaired) electrons. The summed E-state index contributed by atoms with van der Waals surface area (Å²) in [5.74, 6) is -0.0325. The maximum absolute atomic E-state index is 11.7. The van der Waals surface area contributed by atoms with E-state index in [1.54, 1.807) is 18.3 Å². The molecule has 0 saturated carbocycles. The molecule has 1 rings (SSSR count). The molecule has 16 heavy (non-hydrogen) atoms. The standard InChI is InChI=1S/C10H15BrN2O2S/c1-2-9(12)6-16(14,15)7-10-4-3-8(11)5-13-10/h3-5,9H,2,6-7,12H2,1H3. The number of halogens is 1. The van der Waals surface area contributed by atoms with E-state index in [1.165, 1.54) is 0 Å². The third-order valence-corrected chi connectivity index (χ3v) is 4.29. The molecule has 0 aromatic carbocycles. The monoisotopic (exact) mass is 306 g/mol. The third kappa shape index (κ3) is 4.59. The summed E-state index contributed by atoms with van der Waals surface area (Å²) in [5, 5.41) is 0. The van der Waals surface area contributed by atoms with E-state index < -0.39 is 9.84 Å². The molecule has 0 spiro atoms. The average molecular weight is 307 g/mol. The van der Waals surface area contributed by atoms with Crippen LogP contribution in [0, 0.1) is 0 Å². The number of hydrogen-bond donors (Lipinski definition) is 1. The molecule has 0 aliphatic heterocycles. The van der Waals surface area contributed by atoms with Crippen molar-refractivity contribution in [1.29, 1.82) is 0 Å². The van der Waals surface area contributed by atoms with Crippen LogP contribution >= 0.6 is 15.9 Å². The van der Waals surface area contributed by atoms with Crippen molar-refractivity contribution in [1.82, 2.24) is 4.98 Å². The second kappa shape index (κ2) is 5.75. The van der Waals surface area contributed by atoms with E-state index in [4.69, 9.17) is 5.73 Å². The summed E-state index contributed by atoms with van der Waals surface area (Å²) in [6.07, 6.45) is 2.25. The molecule has 4 nitrogen and oxygen atoms in total. The third-order valence-electron chi connectivity index (χ3n) is 2.15. The highest BCUT2D eigenvalue weighted by molar-refractivity contribution is 9.10. The molecule has 0 aliphatic carbocycles. The molecule has 0 amide bonds. The molecule has 0 aliphatic rings. The van der Waals surface area contributed by atoms with Gasteiger partial charge in [0.25, 0.3) is 0 Å². The fourth-order valence-corrected chi connectivity index (χ4v) is 3.08. The molecule has 1 aromatic rings. The number of aromatic nitrogens is 1. The van der Waals surface area contributed by atoms with Crippen molar-refractivity contribution < 1.29 is 8.42 Å². The van der Waals surface area contributed by atoms with Crippen molar-refractivity contribution in [3.63, 3.8) is 0 Å². The number of pyridine rings is 1. The molecule has 90 valence electrons. The van der Waals surface area contributed by atoms with Gasteiger partial charge in [-0.3, -0.25) is 4.98 Å². The van der Waals surface area contributed by atoms with Crippen molar-refractivity contribution in [2.75, 3.05) is 5.75 Å². The lowest BCUT2D eigenvalue weighted by molar-refractivity contribution is 0.582. The highest BCUT2D eigenvalue weighted by atomic mass is 79.9. The van der Waals surface area contributed by atoms with Gasteiger partial charge in [-0.05, 0) is 34.5 Å². The molecule has 6 heteroatoms. The first kappa shape index (κ1) is 13.6. The Morgan fingerprint density at radius 2 is 2.19 bits per heavy atom. The Bertz CT molecular complexity index is 431. The van der Waals surface area contributed by atoms with Crippen LogP contribution in [0.15, 0.2) is 22.8 Å². The van der Waals surface area contributed by atoms with Crippen LogP contribution in [0.2, 0.25) is 0 Å². The Labute approximate surface area is 104 Å². The summed E-state index contributed by atoms with van der Waals surface area (Å²) in [4.78, 5) is 4.03. The molecule has 1 unspecified atom stereocenters. The number of sulfone groups is 1. The maximum Gasteiger partial charge on any atom is 0.157 e. The van der Waals surface area contributed by atoms with Gasteiger partial charge in [0, 0.05) is 16.7 Å². The highest BCUT2D eigenvalue weighted by Gasteiger charge is 2.16. The average Bonchev–Trinajstić information content (AvgIpc) is 2.20. The Balaban J connectivity index is 2.69. The highest BCUT2D eigenvalue weighted by Crippen LogP contribution is 2.10. The smallest absolute Gasteiger partial charge is 0.157 e. The molecule has 2 N–H and O–H groups in total. The normalized spacial score (nSPS) is 13.7. The minimum absolute atomic E-state index is 0.0151. The number of rotatable bonds is 5. The van der Waals surface area contributed by atoms with Gasteiger partial charge in [-0.2, -0.15) is 0 Å². The zero-order chi connectivity index (χ0) is 12.2.